The van der Waals surface area contributed by atoms with Gasteiger partial charge in [0.05, 0.1) is 10.9 Å². The second-order valence-corrected chi connectivity index (χ2v) is 6.02. The van der Waals surface area contributed by atoms with Gasteiger partial charge in [-0.05, 0) is 67.4 Å². The van der Waals surface area contributed by atoms with Gasteiger partial charge in [-0.25, -0.2) is 0 Å². The monoisotopic (exact) mass is 303 g/mol. The number of phenolic OH excluding ortho intramolecular Hbond substituents is 1. The second-order valence-electron chi connectivity index (χ2n) is 5.03. The summed E-state index contributed by atoms with van der Waals surface area (Å²) in [4.78, 5) is 25.8. The van der Waals surface area contributed by atoms with E-state index >= 15 is 0 Å². The summed E-state index contributed by atoms with van der Waals surface area (Å²) in [6.07, 6.45) is 3.24. The van der Waals surface area contributed by atoms with Crippen LogP contribution in [0.25, 0.3) is 6.08 Å². The lowest BCUT2D eigenvalue weighted by molar-refractivity contribution is -0.123. The van der Waals surface area contributed by atoms with Gasteiger partial charge in [0.2, 0.25) is 0 Å². The van der Waals surface area contributed by atoms with E-state index in [1.54, 1.807) is 45.1 Å². The third-order valence-electron chi connectivity index (χ3n) is 3.38. The van der Waals surface area contributed by atoms with Gasteiger partial charge in [0, 0.05) is 0 Å². The molecule has 1 N–H and O–H groups in total. The molecule has 110 valence electrons. The first-order valence-corrected chi connectivity index (χ1v) is 7.36. The number of carbonyl (C=O) groups is 2. The number of benzene rings is 1. The van der Waals surface area contributed by atoms with Gasteiger partial charge in [-0.15, -0.1) is 6.58 Å². The fourth-order valence-corrected chi connectivity index (χ4v) is 3.08. The van der Waals surface area contributed by atoms with Gasteiger partial charge in [0.15, 0.2) is 0 Å². The summed E-state index contributed by atoms with van der Waals surface area (Å²) in [5.41, 5.74) is 2.26. The van der Waals surface area contributed by atoms with Crippen LogP contribution in [0.3, 0.4) is 0 Å². The number of nitrogens with zero attached hydrogens (tertiary/aromatic N) is 1. The summed E-state index contributed by atoms with van der Waals surface area (Å²) < 4.78 is 0. The highest BCUT2D eigenvalue weighted by molar-refractivity contribution is 8.18. The highest BCUT2D eigenvalue weighted by Crippen LogP contribution is 2.34. The lowest BCUT2D eigenvalue weighted by atomic mass is 10.1. The molecule has 21 heavy (non-hydrogen) atoms. The summed E-state index contributed by atoms with van der Waals surface area (Å²) in [5, 5.41) is 9.48. The predicted octanol–water partition coefficient (Wildman–Crippen LogP) is 3.62. The number of aromatic hydroxyl groups is 1. The highest BCUT2D eigenvalue weighted by atomic mass is 32.2. The van der Waals surface area contributed by atoms with Crippen molar-refractivity contribution >= 4 is 29.0 Å². The molecule has 1 heterocycles. The highest BCUT2D eigenvalue weighted by Gasteiger charge is 2.37. The van der Waals surface area contributed by atoms with E-state index in [0.717, 1.165) is 28.5 Å². The minimum Gasteiger partial charge on any atom is -0.507 e. The zero-order valence-electron chi connectivity index (χ0n) is 12.2. The summed E-state index contributed by atoms with van der Waals surface area (Å²) in [5.74, 6) is -0.0543. The largest absolute Gasteiger partial charge is 0.507 e. The van der Waals surface area contributed by atoms with E-state index in [2.05, 4.69) is 6.58 Å². The van der Waals surface area contributed by atoms with E-state index in [0.29, 0.717) is 4.91 Å². The van der Waals surface area contributed by atoms with E-state index in [-0.39, 0.29) is 22.9 Å². The van der Waals surface area contributed by atoms with Gasteiger partial charge in [0.1, 0.15) is 5.75 Å². The Morgan fingerprint density at radius 3 is 2.38 bits per heavy atom. The summed E-state index contributed by atoms with van der Waals surface area (Å²) in [7, 11) is 0. The van der Waals surface area contributed by atoms with Crippen LogP contribution in [0.1, 0.15) is 23.6 Å². The molecule has 0 aliphatic carbocycles. The summed E-state index contributed by atoms with van der Waals surface area (Å²) in [6.45, 7) is 8.96. The molecular formula is C16H17NO3S. The molecule has 1 aliphatic rings. The average Bonchev–Trinajstić information content (AvgIpc) is 2.70. The molecule has 0 unspecified atom stereocenters. The molecular weight excluding hydrogens is 286 g/mol. The number of hydrogen-bond donors (Lipinski definition) is 1. The standard InChI is InChI=1S/C16H17NO3S/c1-5-11(4)17-15(19)13(21-16(17)20)8-12-6-9(2)14(18)10(3)7-12/h5-8,11,18H,1H2,2-4H3/b13-8-/t11-/m1/s1. The Labute approximate surface area is 128 Å². The van der Waals surface area contributed by atoms with Crippen LogP contribution in [0.5, 0.6) is 5.75 Å². The Bertz CT molecular complexity index is 640. The maximum Gasteiger partial charge on any atom is 0.294 e. The fraction of sp³-hybridized carbons (Fsp3) is 0.250. The number of phenols is 1. The second kappa shape index (κ2) is 5.77. The molecule has 0 radical (unpaired) electrons. The van der Waals surface area contributed by atoms with Crippen molar-refractivity contribution in [2.75, 3.05) is 0 Å². The normalized spacial score (nSPS) is 18.4. The third kappa shape index (κ3) is 2.88. The predicted molar refractivity (Wildman–Crippen MR) is 85.0 cm³/mol. The van der Waals surface area contributed by atoms with E-state index in [4.69, 9.17) is 0 Å². The zero-order chi connectivity index (χ0) is 15.7. The molecule has 0 spiro atoms. The van der Waals surface area contributed by atoms with Crippen LogP contribution in [0, 0.1) is 13.8 Å². The fourth-order valence-electron chi connectivity index (χ4n) is 2.16. The van der Waals surface area contributed by atoms with Crippen LogP contribution in [0.15, 0.2) is 29.7 Å². The molecule has 0 saturated carbocycles. The number of rotatable bonds is 3. The van der Waals surface area contributed by atoms with Crippen molar-refractivity contribution < 1.29 is 14.7 Å². The first-order valence-electron chi connectivity index (χ1n) is 6.55. The Morgan fingerprint density at radius 2 is 1.86 bits per heavy atom. The molecule has 0 aromatic heterocycles. The Balaban J connectivity index is 2.37. The molecule has 1 aliphatic heterocycles. The Morgan fingerprint density at radius 1 is 1.29 bits per heavy atom. The molecule has 1 atom stereocenters. The Kier molecular flexibility index (Phi) is 4.23. The molecule has 1 fully saturated rings. The zero-order valence-corrected chi connectivity index (χ0v) is 13.0. The molecule has 5 heteroatoms. The van der Waals surface area contributed by atoms with Crippen molar-refractivity contribution in [2.24, 2.45) is 0 Å². The van der Waals surface area contributed by atoms with Gasteiger partial charge >= 0.3 is 0 Å². The van der Waals surface area contributed by atoms with E-state index in [1.807, 2.05) is 0 Å². The number of hydrogen-bond acceptors (Lipinski definition) is 4. The van der Waals surface area contributed by atoms with E-state index in [9.17, 15) is 14.7 Å². The van der Waals surface area contributed by atoms with Crippen LogP contribution in [-0.4, -0.2) is 27.2 Å². The Hall–Kier alpha value is -2.01. The molecule has 2 amide bonds. The van der Waals surface area contributed by atoms with Crippen molar-refractivity contribution in [2.45, 2.75) is 26.8 Å². The lowest BCUT2D eigenvalue weighted by Gasteiger charge is -2.17. The summed E-state index contributed by atoms with van der Waals surface area (Å²) >= 11 is 0.925. The van der Waals surface area contributed by atoms with Crippen molar-refractivity contribution in [3.05, 3.63) is 46.4 Å². The van der Waals surface area contributed by atoms with Crippen molar-refractivity contribution in [3.8, 4) is 5.75 Å². The van der Waals surface area contributed by atoms with E-state index in [1.165, 1.54) is 4.90 Å². The number of thioether (sulfide) groups is 1. The maximum absolute atomic E-state index is 12.3. The van der Waals surface area contributed by atoms with Crippen molar-refractivity contribution in [1.29, 1.82) is 0 Å². The molecule has 1 saturated heterocycles. The van der Waals surface area contributed by atoms with Crippen LogP contribution >= 0.6 is 11.8 Å². The van der Waals surface area contributed by atoms with Gasteiger partial charge in [-0.2, -0.15) is 0 Å². The first-order chi connectivity index (χ1) is 9.85. The smallest absolute Gasteiger partial charge is 0.294 e. The first kappa shape index (κ1) is 15.4. The minimum absolute atomic E-state index is 0.250. The third-order valence-corrected chi connectivity index (χ3v) is 4.27. The van der Waals surface area contributed by atoms with Crippen molar-refractivity contribution in [1.82, 2.24) is 4.90 Å². The quantitative estimate of drug-likeness (QED) is 0.684. The van der Waals surface area contributed by atoms with Crippen LogP contribution in [-0.2, 0) is 4.79 Å². The van der Waals surface area contributed by atoms with Gasteiger partial charge in [0.25, 0.3) is 11.1 Å². The average molecular weight is 303 g/mol. The number of amides is 2. The lowest BCUT2D eigenvalue weighted by Crippen LogP contribution is -2.35. The van der Waals surface area contributed by atoms with Gasteiger partial charge in [-0.3, -0.25) is 14.5 Å². The number of carbonyl (C=O) groups excluding carboxylic acids is 2. The maximum atomic E-state index is 12.3. The molecule has 2 rings (SSSR count). The number of imide groups is 1. The van der Waals surface area contributed by atoms with Crippen molar-refractivity contribution in [3.63, 3.8) is 0 Å². The van der Waals surface area contributed by atoms with Crippen LogP contribution in [0.4, 0.5) is 4.79 Å². The van der Waals surface area contributed by atoms with Crippen LogP contribution in [0.2, 0.25) is 0 Å². The van der Waals surface area contributed by atoms with Gasteiger partial charge in [-0.1, -0.05) is 6.08 Å². The molecule has 1 aromatic carbocycles. The topological polar surface area (TPSA) is 57.6 Å². The van der Waals surface area contributed by atoms with Gasteiger partial charge < -0.3 is 5.11 Å². The molecule has 4 nitrogen and oxygen atoms in total. The number of aryl methyl sites for hydroxylation is 2. The molecule has 0 bridgehead atoms. The van der Waals surface area contributed by atoms with Crippen LogP contribution < -0.4 is 0 Å². The minimum atomic E-state index is -0.327. The van der Waals surface area contributed by atoms with E-state index < -0.39 is 0 Å². The SMILES string of the molecule is C=C[C@@H](C)N1C(=O)S/C(=C\c2cc(C)c(O)c(C)c2)C1=O. The summed E-state index contributed by atoms with van der Waals surface area (Å²) in [6, 6.07) is 3.24. The molecule has 1 aromatic rings.